The first-order chi connectivity index (χ1) is 12.8. The van der Waals surface area contributed by atoms with Gasteiger partial charge in [0.25, 0.3) is 5.91 Å². The average molecular weight is 387 g/mol. The molecule has 0 aliphatic heterocycles. The Hall–Kier alpha value is -3.19. The summed E-state index contributed by atoms with van der Waals surface area (Å²) in [6.07, 6.45) is 0.0171. The van der Waals surface area contributed by atoms with Crippen molar-refractivity contribution in [2.24, 2.45) is 5.10 Å². The third-order valence-corrected chi connectivity index (χ3v) is 3.58. The van der Waals surface area contributed by atoms with Crippen molar-refractivity contribution in [1.82, 2.24) is 5.43 Å². The molecule has 27 heavy (non-hydrogen) atoms. The van der Waals surface area contributed by atoms with E-state index in [1.54, 1.807) is 49.4 Å². The number of hydrogen-bond acceptors (Lipinski definition) is 4. The molecule has 7 nitrogen and oxygen atoms in total. The van der Waals surface area contributed by atoms with E-state index < -0.39 is 5.91 Å². The highest BCUT2D eigenvalue weighted by molar-refractivity contribution is 6.31. The summed E-state index contributed by atoms with van der Waals surface area (Å²) in [5.41, 5.74) is 4.44. The van der Waals surface area contributed by atoms with Crippen LogP contribution in [0.3, 0.4) is 0 Å². The SMILES string of the molecule is CC(=O)Nc1ccc(NC(=O)C/C(C)=N\NC(=O)c2cccc(Cl)c2)cc1. The van der Waals surface area contributed by atoms with Crippen molar-refractivity contribution in [2.75, 3.05) is 10.6 Å². The molecular formula is C19H19ClN4O3. The molecular weight excluding hydrogens is 368 g/mol. The highest BCUT2D eigenvalue weighted by atomic mass is 35.5. The number of halogens is 1. The van der Waals surface area contributed by atoms with E-state index in [0.29, 0.717) is 27.7 Å². The number of carbonyl (C=O) groups excluding carboxylic acids is 3. The van der Waals surface area contributed by atoms with Crippen molar-refractivity contribution < 1.29 is 14.4 Å². The number of hydrazone groups is 1. The van der Waals surface area contributed by atoms with E-state index in [-0.39, 0.29) is 18.2 Å². The Kier molecular flexibility index (Phi) is 7.08. The first kappa shape index (κ1) is 20.1. The Bertz CT molecular complexity index is 879. The van der Waals surface area contributed by atoms with Crippen molar-refractivity contribution in [3.05, 3.63) is 59.1 Å². The van der Waals surface area contributed by atoms with E-state index in [9.17, 15) is 14.4 Å². The van der Waals surface area contributed by atoms with Crippen LogP contribution in [0.25, 0.3) is 0 Å². The lowest BCUT2D eigenvalue weighted by Gasteiger charge is -2.07. The summed E-state index contributed by atoms with van der Waals surface area (Å²) in [6.45, 7) is 3.06. The lowest BCUT2D eigenvalue weighted by atomic mass is 10.2. The van der Waals surface area contributed by atoms with Gasteiger partial charge in [-0.3, -0.25) is 14.4 Å². The maximum atomic E-state index is 12.1. The van der Waals surface area contributed by atoms with Crippen LogP contribution in [0.4, 0.5) is 11.4 Å². The van der Waals surface area contributed by atoms with Gasteiger partial charge >= 0.3 is 0 Å². The van der Waals surface area contributed by atoms with Gasteiger partial charge in [0.15, 0.2) is 0 Å². The van der Waals surface area contributed by atoms with E-state index in [2.05, 4.69) is 21.2 Å². The maximum absolute atomic E-state index is 12.1. The van der Waals surface area contributed by atoms with Gasteiger partial charge in [0, 0.05) is 34.6 Å². The Labute approximate surface area is 161 Å². The molecule has 0 atom stereocenters. The van der Waals surface area contributed by atoms with Crippen molar-refractivity contribution in [3.8, 4) is 0 Å². The van der Waals surface area contributed by atoms with Crippen molar-refractivity contribution in [1.29, 1.82) is 0 Å². The largest absolute Gasteiger partial charge is 0.326 e. The summed E-state index contributed by atoms with van der Waals surface area (Å²) >= 11 is 5.84. The van der Waals surface area contributed by atoms with Crippen LogP contribution in [0.15, 0.2) is 53.6 Å². The zero-order valence-corrected chi connectivity index (χ0v) is 15.6. The normalized spacial score (nSPS) is 10.9. The van der Waals surface area contributed by atoms with Crippen molar-refractivity contribution in [2.45, 2.75) is 20.3 Å². The minimum Gasteiger partial charge on any atom is -0.326 e. The molecule has 0 fully saturated rings. The van der Waals surface area contributed by atoms with Crippen LogP contribution in [-0.4, -0.2) is 23.4 Å². The molecule has 0 aromatic heterocycles. The fraction of sp³-hybridized carbons (Fsp3) is 0.158. The number of anilines is 2. The summed E-state index contributed by atoms with van der Waals surface area (Å²) in [6, 6.07) is 13.2. The number of rotatable bonds is 6. The zero-order chi connectivity index (χ0) is 19.8. The van der Waals surface area contributed by atoms with Gasteiger partial charge < -0.3 is 10.6 Å². The van der Waals surface area contributed by atoms with Gasteiger partial charge in [0.2, 0.25) is 11.8 Å². The molecule has 2 rings (SSSR count). The van der Waals surface area contributed by atoms with Crippen LogP contribution in [0.1, 0.15) is 30.6 Å². The number of benzene rings is 2. The number of nitrogens with zero attached hydrogens (tertiary/aromatic N) is 1. The summed E-state index contributed by atoms with van der Waals surface area (Å²) < 4.78 is 0. The van der Waals surface area contributed by atoms with E-state index in [0.717, 1.165) is 0 Å². The lowest BCUT2D eigenvalue weighted by Crippen LogP contribution is -2.21. The van der Waals surface area contributed by atoms with E-state index in [1.807, 2.05) is 0 Å². The average Bonchev–Trinajstić information content (AvgIpc) is 2.61. The monoisotopic (exact) mass is 386 g/mol. The second-order valence-electron chi connectivity index (χ2n) is 5.78. The minimum absolute atomic E-state index is 0.0171. The molecule has 2 aromatic carbocycles. The molecule has 2 aromatic rings. The molecule has 0 heterocycles. The van der Waals surface area contributed by atoms with Gasteiger partial charge in [-0.25, -0.2) is 5.43 Å². The Morgan fingerprint density at radius 1 is 0.963 bits per heavy atom. The van der Waals surface area contributed by atoms with Gasteiger partial charge in [-0.05, 0) is 49.4 Å². The summed E-state index contributed by atoms with van der Waals surface area (Å²) in [7, 11) is 0. The second kappa shape index (κ2) is 9.49. The fourth-order valence-corrected chi connectivity index (χ4v) is 2.35. The van der Waals surface area contributed by atoms with Gasteiger partial charge in [0.1, 0.15) is 0 Å². The molecule has 8 heteroatoms. The molecule has 0 aliphatic rings. The van der Waals surface area contributed by atoms with Gasteiger partial charge in [-0.1, -0.05) is 17.7 Å². The molecule has 0 unspecified atom stereocenters. The van der Waals surface area contributed by atoms with Crippen LogP contribution >= 0.6 is 11.6 Å². The quantitative estimate of drug-likeness (QED) is 0.523. The minimum atomic E-state index is -0.411. The first-order valence-corrected chi connectivity index (χ1v) is 8.48. The van der Waals surface area contributed by atoms with Crippen LogP contribution in [0.5, 0.6) is 0 Å². The summed E-state index contributed by atoms with van der Waals surface area (Å²) in [5, 5.41) is 9.74. The molecule has 0 aliphatic carbocycles. The van der Waals surface area contributed by atoms with Crippen molar-refractivity contribution in [3.63, 3.8) is 0 Å². The van der Waals surface area contributed by atoms with Crippen LogP contribution in [0, 0.1) is 0 Å². The summed E-state index contributed by atoms with van der Waals surface area (Å²) in [5.74, 6) is -0.857. The first-order valence-electron chi connectivity index (χ1n) is 8.10. The standard InChI is InChI=1S/C19H19ClN4O3/c1-12(23-24-19(27)14-4-3-5-15(20)11-14)10-18(26)22-17-8-6-16(7-9-17)21-13(2)25/h3-9,11H,10H2,1-2H3,(H,21,25)(H,22,26)(H,24,27)/b23-12-. The van der Waals surface area contributed by atoms with Gasteiger partial charge in [-0.15, -0.1) is 0 Å². The Morgan fingerprint density at radius 3 is 2.19 bits per heavy atom. The van der Waals surface area contributed by atoms with E-state index in [4.69, 9.17) is 11.6 Å². The second-order valence-corrected chi connectivity index (χ2v) is 6.22. The number of carbonyl (C=O) groups is 3. The molecule has 3 N–H and O–H groups in total. The third kappa shape index (κ3) is 6.91. The van der Waals surface area contributed by atoms with Gasteiger partial charge in [0.05, 0.1) is 6.42 Å². The molecule has 0 saturated heterocycles. The summed E-state index contributed by atoms with van der Waals surface area (Å²) in [4.78, 5) is 35.0. The smallest absolute Gasteiger partial charge is 0.271 e. The molecule has 0 radical (unpaired) electrons. The predicted octanol–water partition coefficient (Wildman–Crippen LogP) is 3.43. The molecule has 0 bridgehead atoms. The Balaban J connectivity index is 1.86. The molecule has 3 amide bonds. The van der Waals surface area contributed by atoms with E-state index >= 15 is 0 Å². The van der Waals surface area contributed by atoms with Crippen LogP contribution < -0.4 is 16.1 Å². The highest BCUT2D eigenvalue weighted by Crippen LogP contribution is 2.14. The van der Waals surface area contributed by atoms with Crippen LogP contribution in [0.2, 0.25) is 5.02 Å². The molecule has 140 valence electrons. The van der Waals surface area contributed by atoms with Crippen LogP contribution in [-0.2, 0) is 9.59 Å². The van der Waals surface area contributed by atoms with E-state index in [1.165, 1.54) is 13.0 Å². The number of hydrogen-bond donors (Lipinski definition) is 3. The topological polar surface area (TPSA) is 99.7 Å². The van der Waals surface area contributed by atoms with Gasteiger partial charge in [-0.2, -0.15) is 5.10 Å². The number of nitrogens with one attached hydrogen (secondary N) is 3. The fourth-order valence-electron chi connectivity index (χ4n) is 2.16. The zero-order valence-electron chi connectivity index (χ0n) is 14.9. The molecule has 0 saturated carbocycles. The maximum Gasteiger partial charge on any atom is 0.271 e. The third-order valence-electron chi connectivity index (χ3n) is 3.34. The lowest BCUT2D eigenvalue weighted by molar-refractivity contribution is -0.115. The predicted molar refractivity (Wildman–Crippen MR) is 106 cm³/mol. The highest BCUT2D eigenvalue weighted by Gasteiger charge is 2.08. The number of amides is 3. The molecule has 0 spiro atoms. The van der Waals surface area contributed by atoms with Crippen molar-refractivity contribution >= 4 is 46.4 Å². The Morgan fingerprint density at radius 2 is 1.59 bits per heavy atom.